The number of hydrogen-bond donors (Lipinski definition) is 1. The van der Waals surface area contributed by atoms with Crippen molar-refractivity contribution in [1.29, 1.82) is 0 Å². The molecule has 0 aliphatic heterocycles. The van der Waals surface area contributed by atoms with Crippen LogP contribution in [0.4, 0.5) is 0 Å². The molecule has 0 radical (unpaired) electrons. The minimum Gasteiger partial charge on any atom is -0.307 e. The van der Waals surface area contributed by atoms with E-state index in [1.807, 2.05) is 12.3 Å². The zero-order valence-electron chi connectivity index (χ0n) is 11.9. The molecule has 0 aliphatic carbocycles. The third kappa shape index (κ3) is 2.90. The van der Waals surface area contributed by atoms with Gasteiger partial charge in [0, 0.05) is 17.6 Å². The second kappa shape index (κ2) is 5.67. The normalized spacial score (nSPS) is 10.8. The molecule has 0 amide bonds. The van der Waals surface area contributed by atoms with Gasteiger partial charge in [0.15, 0.2) is 0 Å². The van der Waals surface area contributed by atoms with Crippen LogP contribution in [0.2, 0.25) is 0 Å². The van der Waals surface area contributed by atoms with Crippen molar-refractivity contribution in [2.45, 2.75) is 6.92 Å². The average molecular weight is 386 g/mol. The van der Waals surface area contributed by atoms with Gasteiger partial charge < -0.3 is 4.98 Å². The van der Waals surface area contributed by atoms with Gasteiger partial charge in [0.1, 0.15) is 13.5 Å². The van der Waals surface area contributed by atoms with Crippen molar-refractivity contribution < 1.29 is 0 Å². The Hall–Kier alpha value is -1.56. The van der Waals surface area contributed by atoms with Crippen molar-refractivity contribution in [3.63, 3.8) is 0 Å². The molecule has 21 heavy (non-hydrogen) atoms. The van der Waals surface area contributed by atoms with Gasteiger partial charge in [-0.15, -0.1) is 22.4 Å². The van der Waals surface area contributed by atoms with Gasteiger partial charge in [-0.3, -0.25) is 4.79 Å². The smallest absolute Gasteiger partial charge is 0.284 e. The average Bonchev–Trinajstić information content (AvgIpc) is 2.48. The predicted octanol–water partition coefficient (Wildman–Crippen LogP) is 0.0306. The molecule has 0 fully saturated rings. The van der Waals surface area contributed by atoms with E-state index in [4.69, 9.17) is 0 Å². The molecule has 1 N–H and O–H groups in total. The van der Waals surface area contributed by atoms with E-state index in [0.29, 0.717) is 5.65 Å². The van der Waals surface area contributed by atoms with Crippen molar-refractivity contribution >= 4 is 62.2 Å². The lowest BCUT2D eigenvalue weighted by atomic mass is 9.61. The highest BCUT2D eigenvalue weighted by atomic mass is 127. The molecule has 0 unspecified atom stereocenters. The number of aromatic amines is 1. The SMILES string of the molecule is Bc1ccc(C)c(B(I)c2cnc3[nH]c(=O)ccc3c2)c1. The molecule has 2 aromatic heterocycles. The van der Waals surface area contributed by atoms with Crippen LogP contribution in [0.3, 0.4) is 0 Å². The number of rotatable bonds is 2. The van der Waals surface area contributed by atoms with E-state index in [9.17, 15) is 4.79 Å². The number of halogens is 1. The fourth-order valence-corrected chi connectivity index (χ4v) is 3.42. The second-order valence-electron chi connectivity index (χ2n) is 5.25. The number of aromatic nitrogens is 2. The van der Waals surface area contributed by atoms with Gasteiger partial charge in [0.05, 0.1) is 0 Å². The van der Waals surface area contributed by atoms with Gasteiger partial charge in [-0.05, 0) is 18.5 Å². The van der Waals surface area contributed by atoms with Gasteiger partial charge in [-0.1, -0.05) is 40.8 Å². The van der Waals surface area contributed by atoms with E-state index >= 15 is 0 Å². The van der Waals surface area contributed by atoms with Crippen LogP contribution in [0.5, 0.6) is 0 Å². The number of aryl methyl sites for hydroxylation is 1. The molecule has 6 heteroatoms. The van der Waals surface area contributed by atoms with Crippen LogP contribution in [-0.2, 0) is 0 Å². The van der Waals surface area contributed by atoms with E-state index in [-0.39, 0.29) is 10.1 Å². The first kappa shape index (κ1) is 14.4. The molecule has 0 bridgehead atoms. The Labute approximate surface area is 137 Å². The van der Waals surface area contributed by atoms with E-state index in [2.05, 4.69) is 71.4 Å². The Morgan fingerprint density at radius 2 is 2.05 bits per heavy atom. The standard InChI is InChI=1S/C15H13B2IN2O/c1-9-2-4-11(16)7-13(9)17(18)12-6-10-3-5-14(21)20-15(10)19-8-12/h2-8H,16H2,1H3,(H,19,20,21). The maximum absolute atomic E-state index is 11.3. The number of fused-ring (bicyclic) bond motifs is 1. The van der Waals surface area contributed by atoms with Gasteiger partial charge >= 0.3 is 0 Å². The molecule has 102 valence electrons. The Morgan fingerprint density at radius 1 is 1.24 bits per heavy atom. The topological polar surface area (TPSA) is 45.8 Å². The molecule has 2 heterocycles. The summed E-state index contributed by atoms with van der Waals surface area (Å²) in [5.74, 6) is 0. The van der Waals surface area contributed by atoms with Crippen LogP contribution >= 0.6 is 22.4 Å². The van der Waals surface area contributed by atoms with Crippen LogP contribution in [0.1, 0.15) is 5.56 Å². The van der Waals surface area contributed by atoms with Crippen molar-refractivity contribution in [1.82, 2.24) is 9.97 Å². The molecule has 0 atom stereocenters. The van der Waals surface area contributed by atoms with E-state index in [1.165, 1.54) is 22.6 Å². The number of nitrogens with one attached hydrogen (secondary N) is 1. The quantitative estimate of drug-likeness (QED) is 0.500. The highest BCUT2D eigenvalue weighted by molar-refractivity contribution is 14.1. The molecule has 3 aromatic rings. The predicted molar refractivity (Wildman–Crippen MR) is 101 cm³/mol. The van der Waals surface area contributed by atoms with Gasteiger partial charge in [-0.2, -0.15) is 0 Å². The van der Waals surface area contributed by atoms with E-state index in [1.54, 1.807) is 0 Å². The Bertz CT molecular complexity index is 879. The second-order valence-corrected chi connectivity index (χ2v) is 6.50. The van der Waals surface area contributed by atoms with Crippen LogP contribution in [-0.4, -0.2) is 22.4 Å². The summed E-state index contributed by atoms with van der Waals surface area (Å²) in [6.07, 6.45) is 1.84. The lowest BCUT2D eigenvalue weighted by Gasteiger charge is -2.12. The molecular formula is C15H13B2IN2O. The van der Waals surface area contributed by atoms with E-state index < -0.39 is 0 Å². The molecule has 1 aromatic carbocycles. The summed E-state index contributed by atoms with van der Waals surface area (Å²) in [5.41, 5.74) is 5.50. The Balaban J connectivity index is 2.09. The van der Waals surface area contributed by atoms with E-state index in [0.717, 1.165) is 10.8 Å². The van der Waals surface area contributed by atoms with Crippen molar-refractivity contribution in [3.8, 4) is 0 Å². The lowest BCUT2D eigenvalue weighted by Crippen LogP contribution is -2.40. The summed E-state index contributed by atoms with van der Waals surface area (Å²) in [4.78, 5) is 18.4. The molecule has 0 aliphatic rings. The Kier molecular flexibility index (Phi) is 3.89. The number of hydrogen-bond acceptors (Lipinski definition) is 2. The number of nitrogens with zero attached hydrogens (tertiary/aromatic N) is 1. The maximum Gasteiger partial charge on any atom is 0.284 e. The molecule has 3 nitrogen and oxygen atoms in total. The molecule has 0 saturated carbocycles. The molecule has 0 saturated heterocycles. The largest absolute Gasteiger partial charge is 0.307 e. The first-order valence-corrected chi connectivity index (χ1v) is 7.99. The van der Waals surface area contributed by atoms with Crippen molar-refractivity contribution in [2.24, 2.45) is 0 Å². The summed E-state index contributed by atoms with van der Waals surface area (Å²) in [6, 6.07) is 12.0. The summed E-state index contributed by atoms with van der Waals surface area (Å²) in [5, 5.41) is 0.957. The van der Waals surface area contributed by atoms with Crippen molar-refractivity contribution in [2.75, 3.05) is 0 Å². The number of pyridine rings is 2. The fraction of sp³-hybridized carbons (Fsp3) is 0.0667. The molecular weight excluding hydrogens is 373 g/mol. The zero-order chi connectivity index (χ0) is 15.0. The van der Waals surface area contributed by atoms with Crippen LogP contribution in [0.15, 0.2) is 47.4 Å². The molecule has 3 rings (SSSR count). The minimum absolute atomic E-state index is 0.122. The summed E-state index contributed by atoms with van der Waals surface area (Å²) >= 11 is 2.44. The third-order valence-corrected chi connectivity index (χ3v) is 4.98. The Morgan fingerprint density at radius 3 is 2.86 bits per heavy atom. The third-order valence-electron chi connectivity index (χ3n) is 3.59. The highest BCUT2D eigenvalue weighted by Crippen LogP contribution is 2.07. The van der Waals surface area contributed by atoms with Crippen LogP contribution < -0.4 is 21.9 Å². The highest BCUT2D eigenvalue weighted by Gasteiger charge is 2.18. The summed E-state index contributed by atoms with van der Waals surface area (Å²) < 4.78 is 0.242. The van der Waals surface area contributed by atoms with Crippen LogP contribution in [0.25, 0.3) is 11.0 Å². The number of benzene rings is 1. The maximum atomic E-state index is 11.3. The van der Waals surface area contributed by atoms with Crippen molar-refractivity contribution in [3.05, 3.63) is 58.5 Å². The minimum atomic E-state index is -0.122. The first-order valence-electron chi connectivity index (χ1n) is 6.75. The first-order chi connectivity index (χ1) is 10.0. The number of H-pyrrole nitrogens is 1. The van der Waals surface area contributed by atoms with Gasteiger partial charge in [0.2, 0.25) is 5.56 Å². The van der Waals surface area contributed by atoms with Gasteiger partial charge in [-0.25, -0.2) is 4.98 Å². The lowest BCUT2D eigenvalue weighted by molar-refractivity contribution is 1.24. The monoisotopic (exact) mass is 386 g/mol. The fourth-order valence-electron chi connectivity index (χ4n) is 2.41. The summed E-state index contributed by atoms with van der Waals surface area (Å²) in [6.45, 7) is 2.13. The van der Waals surface area contributed by atoms with Crippen LogP contribution in [0, 0.1) is 6.92 Å². The van der Waals surface area contributed by atoms with Gasteiger partial charge in [0.25, 0.3) is 4.57 Å². The zero-order valence-corrected chi connectivity index (χ0v) is 14.0. The summed E-state index contributed by atoms with van der Waals surface area (Å²) in [7, 11) is 2.11. The molecule has 0 spiro atoms.